The van der Waals surface area contributed by atoms with Gasteiger partial charge in [0, 0.05) is 13.1 Å². The highest BCUT2D eigenvalue weighted by Gasteiger charge is 2.08. The van der Waals surface area contributed by atoms with Gasteiger partial charge >= 0.3 is 0 Å². The molecule has 3 heteroatoms. The van der Waals surface area contributed by atoms with Gasteiger partial charge in [0.2, 0.25) is 0 Å². The lowest BCUT2D eigenvalue weighted by Gasteiger charge is -2.21. The first kappa shape index (κ1) is 16.0. The van der Waals surface area contributed by atoms with Gasteiger partial charge in [0.1, 0.15) is 5.75 Å². The van der Waals surface area contributed by atoms with Gasteiger partial charge in [-0.3, -0.25) is 0 Å². The zero-order valence-electron chi connectivity index (χ0n) is 12.8. The van der Waals surface area contributed by atoms with E-state index in [0.717, 1.165) is 38.2 Å². The third-order valence-electron chi connectivity index (χ3n) is 3.46. The van der Waals surface area contributed by atoms with E-state index in [9.17, 15) is 0 Å². The number of methoxy groups -OCH3 is 1. The van der Waals surface area contributed by atoms with E-state index in [-0.39, 0.29) is 0 Å². The maximum absolute atomic E-state index is 5.60. The van der Waals surface area contributed by atoms with E-state index < -0.39 is 0 Å². The molecule has 0 saturated heterocycles. The van der Waals surface area contributed by atoms with Crippen LogP contribution in [0.3, 0.4) is 0 Å². The fourth-order valence-corrected chi connectivity index (χ4v) is 2.49. The Balaban J connectivity index is 2.61. The number of benzene rings is 1. The molecule has 0 aliphatic carbocycles. The van der Waals surface area contributed by atoms with Crippen LogP contribution < -0.4 is 10.5 Å². The molecule has 3 nitrogen and oxygen atoms in total. The number of aryl methyl sites for hydroxylation is 1. The second-order valence-corrected chi connectivity index (χ2v) is 5.38. The summed E-state index contributed by atoms with van der Waals surface area (Å²) in [4.78, 5) is 2.36. The van der Waals surface area contributed by atoms with Crippen LogP contribution in [0.5, 0.6) is 5.75 Å². The molecule has 1 rings (SSSR count). The van der Waals surface area contributed by atoms with Crippen LogP contribution in [0.1, 0.15) is 31.4 Å². The van der Waals surface area contributed by atoms with Crippen molar-refractivity contribution in [2.45, 2.75) is 33.2 Å². The summed E-state index contributed by atoms with van der Waals surface area (Å²) in [5.74, 6) is 1.64. The Morgan fingerprint density at radius 2 is 2.11 bits per heavy atom. The van der Waals surface area contributed by atoms with E-state index in [1.807, 2.05) is 0 Å². The topological polar surface area (TPSA) is 38.5 Å². The minimum atomic E-state index is 0.652. The summed E-state index contributed by atoms with van der Waals surface area (Å²) in [6, 6.07) is 6.48. The van der Waals surface area contributed by atoms with Gasteiger partial charge in [0.15, 0.2) is 0 Å². The summed E-state index contributed by atoms with van der Waals surface area (Å²) in [7, 11) is 3.90. The third-order valence-corrected chi connectivity index (χ3v) is 3.46. The van der Waals surface area contributed by atoms with Crippen LogP contribution in [0.4, 0.5) is 0 Å². The first-order valence-electron chi connectivity index (χ1n) is 7.15. The minimum absolute atomic E-state index is 0.652. The Morgan fingerprint density at radius 1 is 1.37 bits per heavy atom. The molecular weight excluding hydrogens is 236 g/mol. The molecule has 0 aliphatic heterocycles. The minimum Gasteiger partial charge on any atom is -0.496 e. The molecule has 0 aliphatic rings. The molecule has 1 aromatic rings. The average Bonchev–Trinajstić information content (AvgIpc) is 2.38. The third kappa shape index (κ3) is 5.21. The number of nitrogens with zero attached hydrogens (tertiary/aromatic N) is 1. The molecule has 0 aromatic heterocycles. The molecule has 0 heterocycles. The lowest BCUT2D eigenvalue weighted by Crippen LogP contribution is -2.25. The van der Waals surface area contributed by atoms with Crippen molar-refractivity contribution in [1.82, 2.24) is 4.90 Å². The Morgan fingerprint density at radius 3 is 2.68 bits per heavy atom. The van der Waals surface area contributed by atoms with E-state index in [1.54, 1.807) is 7.11 Å². The Labute approximate surface area is 117 Å². The molecule has 0 bridgehead atoms. The smallest absolute Gasteiger partial charge is 0.122 e. The molecule has 1 aromatic carbocycles. The van der Waals surface area contributed by atoms with Gasteiger partial charge in [-0.1, -0.05) is 26.0 Å². The highest BCUT2D eigenvalue weighted by atomic mass is 16.5. The molecule has 1 atom stereocenters. The zero-order chi connectivity index (χ0) is 14.3. The van der Waals surface area contributed by atoms with Crippen molar-refractivity contribution in [3.05, 3.63) is 29.3 Å². The van der Waals surface area contributed by atoms with Gasteiger partial charge < -0.3 is 15.4 Å². The molecule has 2 N–H and O–H groups in total. The van der Waals surface area contributed by atoms with Crippen LogP contribution >= 0.6 is 0 Å². The highest BCUT2D eigenvalue weighted by Crippen LogP contribution is 2.21. The van der Waals surface area contributed by atoms with Crippen LogP contribution in [0.25, 0.3) is 0 Å². The predicted octanol–water partition coefficient (Wildman–Crippen LogP) is 2.67. The molecule has 0 spiro atoms. The molecule has 0 saturated carbocycles. The van der Waals surface area contributed by atoms with Gasteiger partial charge in [0.05, 0.1) is 7.11 Å². The number of nitrogens with two attached hydrogens (primary N) is 1. The van der Waals surface area contributed by atoms with Crippen molar-refractivity contribution < 1.29 is 4.74 Å². The number of ether oxygens (including phenoxy) is 1. The van der Waals surface area contributed by atoms with Gasteiger partial charge in [-0.05, 0) is 49.5 Å². The fourth-order valence-electron chi connectivity index (χ4n) is 2.49. The highest BCUT2D eigenvalue weighted by molar-refractivity contribution is 5.37. The summed E-state index contributed by atoms with van der Waals surface area (Å²) in [6.07, 6.45) is 2.09. The van der Waals surface area contributed by atoms with E-state index in [0.29, 0.717) is 5.92 Å². The molecule has 0 radical (unpaired) electrons. The van der Waals surface area contributed by atoms with E-state index in [4.69, 9.17) is 10.5 Å². The Bertz CT molecular complexity index is 379. The molecular formula is C16H28N2O. The maximum atomic E-state index is 5.60. The second-order valence-electron chi connectivity index (χ2n) is 5.38. The normalized spacial score (nSPS) is 12.7. The standard InChI is InChI=1S/C16H28N2O/c1-5-15-10-14(6-7-16(15)19-4)12-18(3)11-13(2)8-9-17/h6-7,10,13H,5,8-9,11-12,17H2,1-4H3. The van der Waals surface area contributed by atoms with Crippen molar-refractivity contribution in [1.29, 1.82) is 0 Å². The predicted molar refractivity (Wildman–Crippen MR) is 81.5 cm³/mol. The monoisotopic (exact) mass is 264 g/mol. The maximum Gasteiger partial charge on any atom is 0.122 e. The van der Waals surface area contributed by atoms with Gasteiger partial charge in [0.25, 0.3) is 0 Å². The summed E-state index contributed by atoms with van der Waals surface area (Å²) < 4.78 is 5.37. The molecule has 1 unspecified atom stereocenters. The first-order valence-corrected chi connectivity index (χ1v) is 7.15. The zero-order valence-corrected chi connectivity index (χ0v) is 12.8. The average molecular weight is 264 g/mol. The number of hydrogen-bond donors (Lipinski definition) is 1. The van der Waals surface area contributed by atoms with Gasteiger partial charge in [-0.25, -0.2) is 0 Å². The van der Waals surface area contributed by atoms with Crippen molar-refractivity contribution in [3.63, 3.8) is 0 Å². The summed E-state index contributed by atoms with van der Waals surface area (Å²) in [6.45, 7) is 7.26. The second kappa shape index (κ2) is 8.18. The largest absolute Gasteiger partial charge is 0.496 e. The van der Waals surface area contributed by atoms with Crippen LogP contribution in [0.2, 0.25) is 0 Å². The molecule has 0 fully saturated rings. The van der Waals surface area contributed by atoms with Crippen LogP contribution in [0, 0.1) is 5.92 Å². The summed E-state index contributed by atoms with van der Waals surface area (Å²) >= 11 is 0. The van der Waals surface area contributed by atoms with Crippen molar-refractivity contribution in [2.24, 2.45) is 11.7 Å². The van der Waals surface area contributed by atoms with Crippen LogP contribution in [0.15, 0.2) is 18.2 Å². The summed E-state index contributed by atoms with van der Waals surface area (Å²) in [5, 5.41) is 0. The Hall–Kier alpha value is -1.06. The Kier molecular flexibility index (Phi) is 6.89. The summed E-state index contributed by atoms with van der Waals surface area (Å²) in [5.41, 5.74) is 8.22. The number of rotatable bonds is 8. The lowest BCUT2D eigenvalue weighted by molar-refractivity contribution is 0.273. The molecule has 19 heavy (non-hydrogen) atoms. The van der Waals surface area contributed by atoms with Crippen LogP contribution in [-0.2, 0) is 13.0 Å². The van der Waals surface area contributed by atoms with Gasteiger partial charge in [-0.2, -0.15) is 0 Å². The first-order chi connectivity index (χ1) is 9.10. The van der Waals surface area contributed by atoms with E-state index in [2.05, 4.69) is 44.0 Å². The van der Waals surface area contributed by atoms with Gasteiger partial charge in [-0.15, -0.1) is 0 Å². The quantitative estimate of drug-likeness (QED) is 0.784. The van der Waals surface area contributed by atoms with Crippen LogP contribution in [-0.4, -0.2) is 32.1 Å². The SMILES string of the molecule is CCc1cc(CN(C)CC(C)CCN)ccc1OC. The molecule has 108 valence electrons. The van der Waals surface area contributed by atoms with E-state index in [1.165, 1.54) is 11.1 Å². The van der Waals surface area contributed by atoms with E-state index >= 15 is 0 Å². The van der Waals surface area contributed by atoms with Crippen molar-refractivity contribution in [3.8, 4) is 5.75 Å². The van der Waals surface area contributed by atoms with Crippen molar-refractivity contribution >= 4 is 0 Å². The van der Waals surface area contributed by atoms with Crippen molar-refractivity contribution in [2.75, 3.05) is 27.2 Å². The number of hydrogen-bond acceptors (Lipinski definition) is 3. The fraction of sp³-hybridized carbons (Fsp3) is 0.625. The molecule has 0 amide bonds. The lowest BCUT2D eigenvalue weighted by atomic mass is 10.1.